The summed E-state index contributed by atoms with van der Waals surface area (Å²) in [6, 6.07) is 4.34. The molecule has 0 radical (unpaired) electrons. The molecule has 0 spiro atoms. The zero-order valence-electron chi connectivity index (χ0n) is 17.1. The van der Waals surface area contributed by atoms with Crippen LogP contribution in [0.2, 0.25) is 0 Å². The summed E-state index contributed by atoms with van der Waals surface area (Å²) in [5.41, 5.74) is 0.272. The van der Waals surface area contributed by atoms with Crippen LogP contribution in [0, 0.1) is 0 Å². The van der Waals surface area contributed by atoms with Crippen molar-refractivity contribution < 1.29 is 23.0 Å². The summed E-state index contributed by atoms with van der Waals surface area (Å²) in [7, 11) is 3.72. The molecule has 1 atom stereocenters. The average molecular weight is 541 g/mol. The summed E-state index contributed by atoms with van der Waals surface area (Å²) in [6.45, 7) is 3.20. The van der Waals surface area contributed by atoms with Gasteiger partial charge in [0.05, 0.1) is 18.3 Å². The van der Waals surface area contributed by atoms with Gasteiger partial charge in [0.25, 0.3) is 0 Å². The number of aromatic nitrogens is 2. The van der Waals surface area contributed by atoms with E-state index in [-0.39, 0.29) is 42.9 Å². The van der Waals surface area contributed by atoms with E-state index in [4.69, 9.17) is 4.74 Å². The van der Waals surface area contributed by atoms with E-state index in [9.17, 15) is 18.3 Å². The van der Waals surface area contributed by atoms with Crippen molar-refractivity contribution in [3.05, 3.63) is 47.8 Å². The lowest BCUT2D eigenvalue weighted by Crippen LogP contribution is -2.39. The van der Waals surface area contributed by atoms with Gasteiger partial charge in [-0.2, -0.15) is 18.3 Å². The van der Waals surface area contributed by atoms with Crippen LogP contribution in [0.4, 0.5) is 13.2 Å². The van der Waals surface area contributed by atoms with Crippen molar-refractivity contribution in [2.24, 2.45) is 12.0 Å². The second kappa shape index (κ2) is 12.0. The van der Waals surface area contributed by atoms with E-state index < -0.39 is 17.8 Å². The van der Waals surface area contributed by atoms with Gasteiger partial charge in [0, 0.05) is 38.9 Å². The molecule has 1 unspecified atom stereocenters. The lowest BCUT2D eigenvalue weighted by atomic mass is 10.2. The lowest BCUT2D eigenvalue weighted by molar-refractivity contribution is -0.137. The minimum atomic E-state index is -4.39. The summed E-state index contributed by atoms with van der Waals surface area (Å²) >= 11 is 0. The smallest absolute Gasteiger partial charge is 0.416 e. The number of ether oxygens (including phenoxy) is 1. The number of rotatable bonds is 8. The number of aryl methyl sites for hydroxylation is 1. The maximum absolute atomic E-state index is 12.6. The predicted octanol–water partition coefficient (Wildman–Crippen LogP) is 2.89. The fourth-order valence-electron chi connectivity index (χ4n) is 2.55. The van der Waals surface area contributed by atoms with Gasteiger partial charge in [-0.05, 0) is 31.2 Å². The highest BCUT2D eigenvalue weighted by Gasteiger charge is 2.30. The minimum absolute atomic E-state index is 0. The number of aliphatic hydroxyl groups excluding tert-OH is 1. The van der Waals surface area contributed by atoms with Crippen molar-refractivity contribution in [2.75, 3.05) is 26.7 Å². The molecule has 0 saturated carbocycles. The van der Waals surface area contributed by atoms with Gasteiger partial charge in [0.1, 0.15) is 18.5 Å². The molecule has 0 bridgehead atoms. The van der Waals surface area contributed by atoms with Crippen molar-refractivity contribution in [1.82, 2.24) is 20.0 Å². The maximum Gasteiger partial charge on any atom is 0.416 e. The molecule has 1 heterocycles. The topological polar surface area (TPSA) is 74.9 Å². The van der Waals surface area contributed by atoms with E-state index in [0.29, 0.717) is 19.0 Å². The molecule has 11 heteroatoms. The Hall–Kier alpha value is -2.02. The number of hydrogen-bond acceptors (Lipinski definition) is 4. The Kier molecular flexibility index (Phi) is 10.4. The van der Waals surface area contributed by atoms with Crippen LogP contribution in [0.15, 0.2) is 41.7 Å². The van der Waals surface area contributed by atoms with Crippen LogP contribution >= 0.6 is 24.0 Å². The maximum atomic E-state index is 12.6. The van der Waals surface area contributed by atoms with Crippen molar-refractivity contribution in [3.8, 4) is 5.75 Å². The SMILES string of the molecule is CCNC(=NCC(O)COc1ccc(C(F)(F)F)cc1)N(C)Cc1cnn(C)c1.I. The highest BCUT2D eigenvalue weighted by atomic mass is 127. The number of guanidine groups is 1. The van der Waals surface area contributed by atoms with Crippen LogP contribution in [-0.2, 0) is 19.8 Å². The van der Waals surface area contributed by atoms with Crippen LogP contribution in [-0.4, -0.2) is 58.6 Å². The monoisotopic (exact) mass is 541 g/mol. The van der Waals surface area contributed by atoms with Crippen molar-refractivity contribution >= 4 is 29.9 Å². The molecule has 0 amide bonds. The third kappa shape index (κ3) is 8.38. The molecule has 0 aliphatic heterocycles. The molecule has 0 aliphatic carbocycles. The van der Waals surface area contributed by atoms with E-state index in [0.717, 1.165) is 17.7 Å². The number of alkyl halides is 3. The number of halogens is 4. The standard InChI is InChI=1S/C19H26F3N5O2.HI/c1-4-23-18(26(2)11-14-9-25-27(3)12-14)24-10-16(28)13-29-17-7-5-15(6-8-17)19(20,21)22;/h5-9,12,16,28H,4,10-11,13H2,1-3H3,(H,23,24);1H. The van der Waals surface area contributed by atoms with Gasteiger partial charge in [0.15, 0.2) is 5.96 Å². The third-order valence-electron chi connectivity index (χ3n) is 3.95. The quantitative estimate of drug-likeness (QED) is 0.306. The molecule has 0 aliphatic rings. The molecular weight excluding hydrogens is 514 g/mol. The van der Waals surface area contributed by atoms with Crippen molar-refractivity contribution in [1.29, 1.82) is 0 Å². The first-order chi connectivity index (χ1) is 13.7. The zero-order valence-corrected chi connectivity index (χ0v) is 19.4. The second-order valence-electron chi connectivity index (χ2n) is 6.56. The fraction of sp³-hybridized carbons (Fsp3) is 0.474. The molecule has 0 fully saturated rings. The number of benzene rings is 1. The molecule has 1 aromatic carbocycles. The fourth-order valence-corrected chi connectivity index (χ4v) is 2.55. The summed E-state index contributed by atoms with van der Waals surface area (Å²) < 4.78 is 44.8. The van der Waals surface area contributed by atoms with Crippen LogP contribution in [0.1, 0.15) is 18.1 Å². The van der Waals surface area contributed by atoms with Gasteiger partial charge in [0.2, 0.25) is 0 Å². The molecule has 2 rings (SSSR count). The molecule has 168 valence electrons. The highest BCUT2D eigenvalue weighted by molar-refractivity contribution is 14.0. The number of aliphatic hydroxyl groups is 1. The lowest BCUT2D eigenvalue weighted by Gasteiger charge is -2.22. The van der Waals surface area contributed by atoms with Gasteiger partial charge in [-0.3, -0.25) is 9.67 Å². The number of hydrogen-bond donors (Lipinski definition) is 2. The number of nitrogens with zero attached hydrogens (tertiary/aromatic N) is 4. The molecule has 7 nitrogen and oxygen atoms in total. The predicted molar refractivity (Wildman–Crippen MR) is 119 cm³/mol. The normalized spacial score (nSPS) is 12.8. The average Bonchev–Trinajstić information content (AvgIpc) is 3.07. The molecule has 2 aromatic rings. The van der Waals surface area contributed by atoms with Gasteiger partial charge in [-0.1, -0.05) is 0 Å². The van der Waals surface area contributed by atoms with E-state index in [1.54, 1.807) is 10.9 Å². The Labute approximate surface area is 190 Å². The first-order valence-corrected chi connectivity index (χ1v) is 9.14. The van der Waals surface area contributed by atoms with E-state index in [1.807, 2.05) is 32.1 Å². The number of aliphatic imine (C=N–C) groups is 1. The van der Waals surface area contributed by atoms with E-state index in [1.165, 1.54) is 12.1 Å². The summed E-state index contributed by atoms with van der Waals surface area (Å²) in [5.74, 6) is 0.867. The van der Waals surface area contributed by atoms with Crippen LogP contribution in [0.3, 0.4) is 0 Å². The Morgan fingerprint density at radius 3 is 2.53 bits per heavy atom. The summed E-state index contributed by atoms with van der Waals surface area (Å²) in [4.78, 5) is 6.31. The Morgan fingerprint density at radius 2 is 2.00 bits per heavy atom. The first kappa shape index (κ1) is 26.0. The first-order valence-electron chi connectivity index (χ1n) is 9.14. The van der Waals surface area contributed by atoms with E-state index >= 15 is 0 Å². The van der Waals surface area contributed by atoms with Gasteiger partial charge in [-0.25, -0.2) is 0 Å². The van der Waals surface area contributed by atoms with Gasteiger partial charge >= 0.3 is 6.18 Å². The van der Waals surface area contributed by atoms with E-state index in [2.05, 4.69) is 15.4 Å². The largest absolute Gasteiger partial charge is 0.491 e. The molecule has 1 aromatic heterocycles. The Balaban J connectivity index is 0.00000450. The number of nitrogens with one attached hydrogen (secondary N) is 1. The van der Waals surface area contributed by atoms with Crippen LogP contribution < -0.4 is 10.1 Å². The summed E-state index contributed by atoms with van der Waals surface area (Å²) in [6.07, 6.45) is -1.62. The molecular formula is C19H27F3IN5O2. The summed E-state index contributed by atoms with van der Waals surface area (Å²) in [5, 5.41) is 17.4. The molecule has 2 N–H and O–H groups in total. The van der Waals surface area contributed by atoms with Crippen molar-refractivity contribution in [3.63, 3.8) is 0 Å². The molecule has 30 heavy (non-hydrogen) atoms. The van der Waals surface area contributed by atoms with Gasteiger partial charge in [-0.15, -0.1) is 24.0 Å². The highest BCUT2D eigenvalue weighted by Crippen LogP contribution is 2.30. The minimum Gasteiger partial charge on any atom is -0.491 e. The Bertz CT molecular complexity index is 796. The second-order valence-corrected chi connectivity index (χ2v) is 6.56. The molecule has 0 saturated heterocycles. The zero-order chi connectivity index (χ0) is 21.4. The van der Waals surface area contributed by atoms with Gasteiger partial charge < -0.3 is 20.1 Å². The van der Waals surface area contributed by atoms with Crippen LogP contribution in [0.5, 0.6) is 5.75 Å². The van der Waals surface area contributed by atoms with Crippen LogP contribution in [0.25, 0.3) is 0 Å². The Morgan fingerprint density at radius 1 is 1.33 bits per heavy atom. The third-order valence-corrected chi connectivity index (χ3v) is 3.95. The van der Waals surface area contributed by atoms with Crippen molar-refractivity contribution in [2.45, 2.75) is 25.7 Å².